The van der Waals surface area contributed by atoms with E-state index in [9.17, 15) is 13.2 Å². The van der Waals surface area contributed by atoms with Crippen LogP contribution in [0.3, 0.4) is 0 Å². The van der Waals surface area contributed by atoms with Crippen LogP contribution in [0.1, 0.15) is 11.5 Å². The van der Waals surface area contributed by atoms with E-state index in [1.165, 1.54) is 18.3 Å². The van der Waals surface area contributed by atoms with Crippen molar-refractivity contribution in [2.24, 2.45) is 5.73 Å². The molecule has 0 aliphatic heterocycles. The van der Waals surface area contributed by atoms with Crippen molar-refractivity contribution in [2.45, 2.75) is 12.1 Å². The van der Waals surface area contributed by atoms with E-state index in [4.69, 9.17) is 5.73 Å². The Morgan fingerprint density at radius 1 is 1.44 bits per heavy atom. The van der Waals surface area contributed by atoms with E-state index in [0.29, 0.717) is 5.82 Å². The Morgan fingerprint density at radius 2 is 2.06 bits per heavy atom. The number of hydrogen-bond acceptors (Lipinski definition) is 3. The van der Waals surface area contributed by atoms with Gasteiger partial charge < -0.3 is 10.6 Å². The second-order valence-corrected chi connectivity index (χ2v) is 3.64. The minimum atomic E-state index is -4.34. The van der Waals surface area contributed by atoms with Crippen LogP contribution in [0.25, 0.3) is 0 Å². The van der Waals surface area contributed by atoms with E-state index < -0.39 is 18.6 Å². The number of alkyl halides is 3. The maximum atomic E-state index is 12.7. The topological polar surface area (TPSA) is 42.2 Å². The molecule has 0 aliphatic rings. The van der Waals surface area contributed by atoms with Crippen LogP contribution in [0.5, 0.6) is 0 Å². The molecule has 6 heteroatoms. The molecule has 2 N–H and O–H groups in total. The molecule has 1 aromatic heterocycles. The lowest BCUT2D eigenvalue weighted by Gasteiger charge is -2.23. The molecule has 0 aromatic carbocycles. The second-order valence-electron chi connectivity index (χ2n) is 3.64. The third-order valence-corrected chi connectivity index (χ3v) is 2.25. The first-order valence-electron chi connectivity index (χ1n) is 4.77. The normalized spacial score (nSPS) is 13.6. The lowest BCUT2D eigenvalue weighted by atomic mass is 9.99. The quantitative estimate of drug-likeness (QED) is 0.864. The van der Waals surface area contributed by atoms with Crippen LogP contribution in [0.4, 0.5) is 19.0 Å². The largest absolute Gasteiger partial charge is 0.397 e. The average molecular weight is 233 g/mol. The number of nitrogens with two attached hydrogens (primary N) is 1. The van der Waals surface area contributed by atoms with Crippen molar-refractivity contribution in [3.8, 4) is 0 Å². The molecule has 0 saturated heterocycles. The van der Waals surface area contributed by atoms with E-state index in [1.54, 1.807) is 19.0 Å². The summed E-state index contributed by atoms with van der Waals surface area (Å²) >= 11 is 0. The molecule has 1 atom stereocenters. The molecule has 1 unspecified atom stereocenters. The van der Waals surface area contributed by atoms with Gasteiger partial charge in [0.1, 0.15) is 5.82 Å². The number of anilines is 1. The third-order valence-electron chi connectivity index (χ3n) is 2.25. The molecule has 1 rings (SSSR count). The van der Waals surface area contributed by atoms with Crippen LogP contribution >= 0.6 is 0 Å². The molecule has 0 spiro atoms. The van der Waals surface area contributed by atoms with Crippen molar-refractivity contribution in [3.05, 3.63) is 23.9 Å². The van der Waals surface area contributed by atoms with Crippen molar-refractivity contribution in [2.75, 3.05) is 25.5 Å². The lowest BCUT2D eigenvalue weighted by Crippen LogP contribution is -2.30. The molecule has 0 aliphatic carbocycles. The fraction of sp³-hybridized carbons (Fsp3) is 0.500. The molecule has 0 fully saturated rings. The molecule has 1 heterocycles. The number of pyridine rings is 1. The van der Waals surface area contributed by atoms with Gasteiger partial charge in [0.15, 0.2) is 0 Å². The molecule has 0 radical (unpaired) electrons. The summed E-state index contributed by atoms with van der Waals surface area (Å²) in [6, 6.07) is 2.89. The van der Waals surface area contributed by atoms with E-state index in [2.05, 4.69) is 4.98 Å². The first kappa shape index (κ1) is 12.8. The summed E-state index contributed by atoms with van der Waals surface area (Å²) in [4.78, 5) is 5.48. The summed E-state index contributed by atoms with van der Waals surface area (Å²) < 4.78 is 38.2. The molecule has 0 saturated carbocycles. The summed E-state index contributed by atoms with van der Waals surface area (Å²) in [5.41, 5.74) is 5.31. The van der Waals surface area contributed by atoms with Gasteiger partial charge in [0, 0.05) is 32.4 Å². The van der Waals surface area contributed by atoms with E-state index >= 15 is 0 Å². The van der Waals surface area contributed by atoms with Crippen molar-refractivity contribution in [1.82, 2.24) is 4.98 Å². The molecule has 90 valence electrons. The third kappa shape index (κ3) is 2.63. The summed E-state index contributed by atoms with van der Waals surface area (Å²) in [6.45, 7) is -0.476. The Morgan fingerprint density at radius 3 is 2.50 bits per heavy atom. The molecule has 0 amide bonds. The molecule has 0 bridgehead atoms. The molecule has 16 heavy (non-hydrogen) atoms. The fourth-order valence-corrected chi connectivity index (χ4v) is 1.49. The zero-order valence-electron chi connectivity index (χ0n) is 9.12. The van der Waals surface area contributed by atoms with Crippen LogP contribution in [-0.2, 0) is 0 Å². The van der Waals surface area contributed by atoms with Crippen molar-refractivity contribution >= 4 is 5.82 Å². The number of hydrogen-bond donors (Lipinski definition) is 1. The Hall–Kier alpha value is -1.30. The van der Waals surface area contributed by atoms with Gasteiger partial charge in [0.25, 0.3) is 0 Å². The van der Waals surface area contributed by atoms with Gasteiger partial charge >= 0.3 is 6.18 Å². The minimum Gasteiger partial charge on any atom is -0.363 e. The lowest BCUT2D eigenvalue weighted by molar-refractivity contribution is -0.148. The van der Waals surface area contributed by atoms with Gasteiger partial charge in [-0.3, -0.25) is 0 Å². The Bertz CT molecular complexity index is 349. The van der Waals surface area contributed by atoms with E-state index in [1.807, 2.05) is 0 Å². The monoisotopic (exact) mass is 233 g/mol. The van der Waals surface area contributed by atoms with Crippen molar-refractivity contribution in [1.29, 1.82) is 0 Å². The first-order chi connectivity index (χ1) is 7.38. The Kier molecular flexibility index (Phi) is 3.74. The second kappa shape index (κ2) is 4.69. The molecule has 1 aromatic rings. The van der Waals surface area contributed by atoms with Gasteiger partial charge in [-0.25, -0.2) is 4.98 Å². The highest BCUT2D eigenvalue weighted by Crippen LogP contribution is 2.37. The summed E-state index contributed by atoms with van der Waals surface area (Å²) in [7, 11) is 3.30. The van der Waals surface area contributed by atoms with Crippen molar-refractivity contribution in [3.63, 3.8) is 0 Å². The summed E-state index contributed by atoms with van der Waals surface area (Å²) in [6.07, 6.45) is -2.88. The van der Waals surface area contributed by atoms with E-state index in [-0.39, 0.29) is 5.56 Å². The van der Waals surface area contributed by atoms with Crippen LogP contribution in [-0.4, -0.2) is 31.8 Å². The van der Waals surface area contributed by atoms with Crippen LogP contribution in [0.2, 0.25) is 0 Å². The smallest absolute Gasteiger partial charge is 0.363 e. The number of nitrogens with zero attached hydrogens (tertiary/aromatic N) is 2. The highest BCUT2D eigenvalue weighted by molar-refractivity contribution is 5.48. The molecule has 3 nitrogen and oxygen atoms in total. The highest BCUT2D eigenvalue weighted by atomic mass is 19.4. The van der Waals surface area contributed by atoms with Gasteiger partial charge in [-0.1, -0.05) is 6.07 Å². The number of aromatic nitrogens is 1. The average Bonchev–Trinajstić information content (AvgIpc) is 2.17. The van der Waals surface area contributed by atoms with Gasteiger partial charge in [-0.15, -0.1) is 0 Å². The zero-order chi connectivity index (χ0) is 12.3. The fourth-order valence-electron chi connectivity index (χ4n) is 1.49. The van der Waals surface area contributed by atoms with Crippen LogP contribution < -0.4 is 10.6 Å². The standard InChI is InChI=1S/C10H14F3N3/c1-16(2)9-7(4-3-5-15-9)8(6-14)10(11,12)13/h3-5,8H,6,14H2,1-2H3. The number of rotatable bonds is 3. The van der Waals surface area contributed by atoms with Crippen LogP contribution in [0, 0.1) is 0 Å². The van der Waals surface area contributed by atoms with Gasteiger partial charge in [-0.2, -0.15) is 13.2 Å². The number of halogens is 3. The zero-order valence-corrected chi connectivity index (χ0v) is 9.12. The predicted molar refractivity (Wildman–Crippen MR) is 56.4 cm³/mol. The maximum Gasteiger partial charge on any atom is 0.397 e. The predicted octanol–water partition coefficient (Wildman–Crippen LogP) is 1.75. The SMILES string of the molecule is CN(C)c1ncccc1C(CN)C(F)(F)F. The van der Waals surface area contributed by atoms with Gasteiger partial charge in [0.05, 0.1) is 5.92 Å². The summed E-state index contributed by atoms with van der Waals surface area (Å²) in [5.74, 6) is -1.37. The van der Waals surface area contributed by atoms with Gasteiger partial charge in [-0.05, 0) is 6.07 Å². The first-order valence-corrected chi connectivity index (χ1v) is 4.77. The van der Waals surface area contributed by atoms with Crippen LogP contribution in [0.15, 0.2) is 18.3 Å². The van der Waals surface area contributed by atoms with Gasteiger partial charge in [0.2, 0.25) is 0 Å². The highest BCUT2D eigenvalue weighted by Gasteiger charge is 2.41. The Balaban J connectivity index is 3.20. The minimum absolute atomic E-state index is 0.113. The van der Waals surface area contributed by atoms with E-state index in [0.717, 1.165) is 0 Å². The maximum absolute atomic E-state index is 12.7. The Labute approximate surface area is 92.1 Å². The summed E-state index contributed by atoms with van der Waals surface area (Å²) in [5, 5.41) is 0. The molecular formula is C10H14F3N3. The molecular weight excluding hydrogens is 219 g/mol. The van der Waals surface area contributed by atoms with Crippen molar-refractivity contribution < 1.29 is 13.2 Å².